The first-order chi connectivity index (χ1) is 11.7. The molecule has 0 bridgehead atoms. The average molecular weight is 463 g/mol. The van der Waals surface area contributed by atoms with Crippen molar-refractivity contribution in [2.75, 3.05) is 57.3 Å². The molecule has 0 amide bonds. The highest BCUT2D eigenvalue weighted by Gasteiger charge is 2.16. The highest BCUT2D eigenvalue weighted by atomic mass is 127. The Labute approximate surface area is 168 Å². The van der Waals surface area contributed by atoms with Crippen molar-refractivity contribution < 1.29 is 4.39 Å². The Balaban J connectivity index is 0.00000312. The number of piperazine rings is 1. The summed E-state index contributed by atoms with van der Waals surface area (Å²) in [5.74, 6) is 0.731. The van der Waals surface area contributed by atoms with E-state index in [4.69, 9.17) is 0 Å². The van der Waals surface area contributed by atoms with E-state index in [0.717, 1.165) is 70.4 Å². The van der Waals surface area contributed by atoms with E-state index in [-0.39, 0.29) is 29.8 Å². The Morgan fingerprint density at radius 1 is 1.08 bits per heavy atom. The molecule has 0 saturated carbocycles. The van der Waals surface area contributed by atoms with Gasteiger partial charge in [-0.1, -0.05) is 6.92 Å². The topological polar surface area (TPSA) is 42.9 Å². The molecule has 1 heterocycles. The molecule has 142 valence electrons. The second-order valence-electron chi connectivity index (χ2n) is 5.99. The molecule has 1 fully saturated rings. The standard InChI is InChI=1S/C18H30FN5.HI/c1-3-9-21-18(20-4-2)22-10-11-23-12-14-24(15-13-23)17-7-5-16(19)6-8-17;/h5-8H,3-4,9-15H2,1-2H3,(H2,20,21,22);1H. The molecular weight excluding hydrogens is 432 g/mol. The van der Waals surface area contributed by atoms with Crippen LogP contribution >= 0.6 is 24.0 Å². The minimum Gasteiger partial charge on any atom is -0.369 e. The van der Waals surface area contributed by atoms with Crippen LogP contribution in [0.25, 0.3) is 0 Å². The summed E-state index contributed by atoms with van der Waals surface area (Å²) in [5, 5.41) is 6.66. The van der Waals surface area contributed by atoms with E-state index in [1.807, 2.05) is 12.1 Å². The second-order valence-corrected chi connectivity index (χ2v) is 5.99. The van der Waals surface area contributed by atoms with Gasteiger partial charge in [0, 0.05) is 58.0 Å². The molecule has 1 aliphatic rings. The second kappa shape index (κ2) is 12.3. The fraction of sp³-hybridized carbons (Fsp3) is 0.611. The lowest BCUT2D eigenvalue weighted by molar-refractivity contribution is 0.261. The van der Waals surface area contributed by atoms with Crippen molar-refractivity contribution in [3.63, 3.8) is 0 Å². The van der Waals surface area contributed by atoms with E-state index in [9.17, 15) is 4.39 Å². The Morgan fingerprint density at radius 2 is 1.76 bits per heavy atom. The minimum absolute atomic E-state index is 0. The van der Waals surface area contributed by atoms with Crippen LogP contribution in [0.2, 0.25) is 0 Å². The fourth-order valence-electron chi connectivity index (χ4n) is 2.78. The molecule has 1 saturated heterocycles. The summed E-state index contributed by atoms with van der Waals surface area (Å²) in [6, 6.07) is 6.78. The van der Waals surface area contributed by atoms with Crippen molar-refractivity contribution in [1.82, 2.24) is 15.5 Å². The first-order valence-corrected chi connectivity index (χ1v) is 8.98. The van der Waals surface area contributed by atoms with Gasteiger partial charge >= 0.3 is 0 Å². The molecule has 2 rings (SSSR count). The third-order valence-corrected chi connectivity index (χ3v) is 4.12. The Hall–Kier alpha value is -1.09. The molecule has 2 N–H and O–H groups in total. The minimum atomic E-state index is -0.176. The molecule has 0 unspecified atom stereocenters. The number of nitrogens with one attached hydrogen (secondary N) is 2. The third kappa shape index (κ3) is 7.77. The molecule has 0 aromatic heterocycles. The highest BCUT2D eigenvalue weighted by Crippen LogP contribution is 2.16. The molecule has 0 aliphatic carbocycles. The zero-order valence-corrected chi connectivity index (χ0v) is 17.6. The van der Waals surface area contributed by atoms with Crippen molar-refractivity contribution in [2.45, 2.75) is 20.3 Å². The lowest BCUT2D eigenvalue weighted by Crippen LogP contribution is -2.49. The van der Waals surface area contributed by atoms with Crippen molar-refractivity contribution >= 4 is 35.6 Å². The van der Waals surface area contributed by atoms with Gasteiger partial charge in [-0.25, -0.2) is 4.39 Å². The quantitative estimate of drug-likeness (QED) is 0.371. The maximum atomic E-state index is 13.0. The number of hydrogen-bond donors (Lipinski definition) is 2. The number of rotatable bonds is 7. The summed E-state index contributed by atoms with van der Waals surface area (Å²) in [7, 11) is 0. The van der Waals surface area contributed by atoms with Crippen molar-refractivity contribution in [2.24, 2.45) is 4.99 Å². The summed E-state index contributed by atoms with van der Waals surface area (Å²) >= 11 is 0. The monoisotopic (exact) mass is 463 g/mol. The normalized spacial score (nSPS) is 15.6. The Bertz CT molecular complexity index is 501. The van der Waals surface area contributed by atoms with Crippen molar-refractivity contribution in [3.8, 4) is 0 Å². The van der Waals surface area contributed by atoms with Gasteiger partial charge in [-0.05, 0) is 37.6 Å². The van der Waals surface area contributed by atoms with E-state index in [0.29, 0.717) is 0 Å². The van der Waals surface area contributed by atoms with Gasteiger partial charge in [0.2, 0.25) is 0 Å². The van der Waals surface area contributed by atoms with Gasteiger partial charge in [0.15, 0.2) is 5.96 Å². The Kier molecular flexibility index (Phi) is 10.8. The van der Waals surface area contributed by atoms with Crippen LogP contribution in [0.5, 0.6) is 0 Å². The van der Waals surface area contributed by atoms with Crippen LogP contribution in [0.15, 0.2) is 29.3 Å². The maximum absolute atomic E-state index is 13.0. The molecule has 0 radical (unpaired) electrons. The van der Waals surface area contributed by atoms with Crippen LogP contribution < -0.4 is 15.5 Å². The fourth-order valence-corrected chi connectivity index (χ4v) is 2.78. The predicted octanol–water partition coefficient (Wildman–Crippen LogP) is 2.53. The largest absolute Gasteiger partial charge is 0.369 e. The number of aliphatic imine (C=N–C) groups is 1. The smallest absolute Gasteiger partial charge is 0.191 e. The molecular formula is C18H31FIN5. The van der Waals surface area contributed by atoms with E-state index in [1.54, 1.807) is 0 Å². The Morgan fingerprint density at radius 3 is 2.36 bits per heavy atom. The summed E-state index contributed by atoms with van der Waals surface area (Å²) in [5.41, 5.74) is 1.11. The van der Waals surface area contributed by atoms with E-state index in [1.165, 1.54) is 12.1 Å². The number of guanidine groups is 1. The first kappa shape index (κ1) is 22.0. The van der Waals surface area contributed by atoms with Crippen molar-refractivity contribution in [1.29, 1.82) is 0 Å². The zero-order chi connectivity index (χ0) is 17.2. The van der Waals surface area contributed by atoms with Gasteiger partial charge in [0.05, 0.1) is 0 Å². The van der Waals surface area contributed by atoms with Crippen LogP contribution in [0.4, 0.5) is 10.1 Å². The van der Waals surface area contributed by atoms with Gasteiger partial charge in [-0.3, -0.25) is 9.89 Å². The van der Waals surface area contributed by atoms with Crippen LogP contribution in [-0.4, -0.2) is 63.2 Å². The molecule has 25 heavy (non-hydrogen) atoms. The summed E-state index contributed by atoms with van der Waals surface area (Å²) in [6.07, 6.45) is 1.06. The number of halogens is 2. The first-order valence-electron chi connectivity index (χ1n) is 8.98. The van der Waals surface area contributed by atoms with E-state index < -0.39 is 0 Å². The van der Waals surface area contributed by atoms with Crippen molar-refractivity contribution in [3.05, 3.63) is 30.1 Å². The number of hydrogen-bond acceptors (Lipinski definition) is 3. The van der Waals surface area contributed by atoms with Crippen LogP contribution in [0, 0.1) is 5.82 Å². The predicted molar refractivity (Wildman–Crippen MR) is 115 cm³/mol. The van der Waals surface area contributed by atoms with Gasteiger partial charge in [-0.15, -0.1) is 24.0 Å². The van der Waals surface area contributed by atoms with Crippen LogP contribution in [-0.2, 0) is 0 Å². The number of nitrogens with zero attached hydrogens (tertiary/aromatic N) is 3. The molecule has 1 aromatic carbocycles. The molecule has 7 heteroatoms. The molecule has 0 atom stereocenters. The lowest BCUT2D eigenvalue weighted by Gasteiger charge is -2.36. The molecule has 1 aromatic rings. The molecule has 5 nitrogen and oxygen atoms in total. The molecule has 0 spiro atoms. The van der Waals surface area contributed by atoms with Crippen LogP contribution in [0.3, 0.4) is 0 Å². The van der Waals surface area contributed by atoms with Gasteiger partial charge < -0.3 is 15.5 Å². The maximum Gasteiger partial charge on any atom is 0.191 e. The lowest BCUT2D eigenvalue weighted by atomic mass is 10.2. The van der Waals surface area contributed by atoms with E-state index in [2.05, 4.69) is 39.3 Å². The molecule has 1 aliphatic heterocycles. The van der Waals surface area contributed by atoms with Crippen LogP contribution in [0.1, 0.15) is 20.3 Å². The average Bonchev–Trinajstić information content (AvgIpc) is 2.61. The zero-order valence-electron chi connectivity index (χ0n) is 15.3. The van der Waals surface area contributed by atoms with E-state index >= 15 is 0 Å². The summed E-state index contributed by atoms with van der Waals surface area (Å²) in [6.45, 7) is 11.9. The highest BCUT2D eigenvalue weighted by molar-refractivity contribution is 14.0. The number of benzene rings is 1. The third-order valence-electron chi connectivity index (χ3n) is 4.12. The summed E-state index contributed by atoms with van der Waals surface area (Å²) in [4.78, 5) is 9.28. The van der Waals surface area contributed by atoms with Gasteiger partial charge in [0.1, 0.15) is 5.82 Å². The summed E-state index contributed by atoms with van der Waals surface area (Å²) < 4.78 is 13.0. The van der Waals surface area contributed by atoms with Gasteiger partial charge in [-0.2, -0.15) is 0 Å². The SMILES string of the molecule is CCCN=C(NCC)NCCN1CCN(c2ccc(F)cc2)CC1.I. The number of anilines is 1. The van der Waals surface area contributed by atoms with Gasteiger partial charge in [0.25, 0.3) is 0 Å².